The number of fused-ring (bicyclic) bond motifs is 1. The van der Waals surface area contributed by atoms with Gasteiger partial charge in [0, 0.05) is 23.7 Å². The van der Waals surface area contributed by atoms with Crippen LogP contribution < -0.4 is 0 Å². The lowest BCUT2D eigenvalue weighted by Crippen LogP contribution is -2.01. The molecule has 116 valence electrons. The topological polar surface area (TPSA) is 39.2 Å². The van der Waals surface area contributed by atoms with E-state index in [1.54, 1.807) is 6.07 Å². The van der Waals surface area contributed by atoms with Crippen molar-refractivity contribution < 1.29 is 22.7 Å². The van der Waals surface area contributed by atoms with Gasteiger partial charge < -0.3 is 4.74 Å². The molecule has 3 aromatic rings. The Kier molecular flexibility index (Phi) is 3.73. The Balaban J connectivity index is 2.32. The summed E-state index contributed by atoms with van der Waals surface area (Å²) in [6.45, 7) is 0. The van der Waals surface area contributed by atoms with Gasteiger partial charge in [-0.3, -0.25) is 4.98 Å². The first-order valence-electron chi connectivity index (χ1n) is 6.63. The van der Waals surface area contributed by atoms with Gasteiger partial charge in [-0.05, 0) is 29.8 Å². The van der Waals surface area contributed by atoms with E-state index in [1.807, 2.05) is 0 Å². The number of carbonyl (C=O) groups is 1. The summed E-state index contributed by atoms with van der Waals surface area (Å²) < 4.78 is 45.9. The Hall–Kier alpha value is -2.89. The highest BCUT2D eigenvalue weighted by Gasteiger charge is 2.17. The van der Waals surface area contributed by atoms with E-state index in [0.29, 0.717) is 23.0 Å². The number of benzene rings is 2. The molecule has 1 heterocycles. The van der Waals surface area contributed by atoms with Gasteiger partial charge in [0.05, 0.1) is 23.8 Å². The first-order chi connectivity index (χ1) is 11.0. The molecule has 0 saturated heterocycles. The Morgan fingerprint density at radius 1 is 1.04 bits per heavy atom. The maximum absolute atomic E-state index is 14.1. The summed E-state index contributed by atoms with van der Waals surface area (Å²) in [5.41, 5.74) is 0.465. The number of pyridine rings is 1. The SMILES string of the molecule is COC(=O)c1ccc2nccc(-c3c(F)cc(F)cc3F)c2c1. The molecule has 0 saturated carbocycles. The molecular formula is C17H10F3NO2. The van der Waals surface area contributed by atoms with Crippen LogP contribution in [0.4, 0.5) is 13.2 Å². The monoisotopic (exact) mass is 317 g/mol. The number of esters is 1. The molecule has 0 N–H and O–H groups in total. The second-order valence-electron chi connectivity index (χ2n) is 4.83. The third-order valence-electron chi connectivity index (χ3n) is 3.44. The molecular weight excluding hydrogens is 307 g/mol. The molecule has 3 nitrogen and oxygen atoms in total. The smallest absolute Gasteiger partial charge is 0.337 e. The van der Waals surface area contributed by atoms with E-state index < -0.39 is 23.4 Å². The first-order valence-corrected chi connectivity index (χ1v) is 6.63. The predicted molar refractivity (Wildman–Crippen MR) is 78.4 cm³/mol. The van der Waals surface area contributed by atoms with Crippen molar-refractivity contribution in [3.8, 4) is 11.1 Å². The number of ether oxygens (including phenoxy) is 1. The van der Waals surface area contributed by atoms with Crippen LogP contribution in [0.2, 0.25) is 0 Å². The van der Waals surface area contributed by atoms with Crippen molar-refractivity contribution in [1.29, 1.82) is 0 Å². The van der Waals surface area contributed by atoms with E-state index in [9.17, 15) is 18.0 Å². The molecule has 0 spiro atoms. The maximum Gasteiger partial charge on any atom is 0.337 e. The molecule has 0 atom stereocenters. The van der Waals surface area contributed by atoms with Crippen molar-refractivity contribution in [3.63, 3.8) is 0 Å². The minimum atomic E-state index is -1.03. The lowest BCUT2D eigenvalue weighted by molar-refractivity contribution is 0.0601. The second kappa shape index (κ2) is 5.72. The average molecular weight is 317 g/mol. The summed E-state index contributed by atoms with van der Waals surface area (Å²) in [7, 11) is 1.23. The molecule has 0 fully saturated rings. The zero-order valence-electron chi connectivity index (χ0n) is 11.9. The number of methoxy groups -OCH3 is 1. The van der Waals surface area contributed by atoms with E-state index >= 15 is 0 Å². The Bertz CT molecular complexity index is 902. The number of nitrogens with zero attached hydrogens (tertiary/aromatic N) is 1. The predicted octanol–water partition coefficient (Wildman–Crippen LogP) is 4.11. The quantitative estimate of drug-likeness (QED) is 0.668. The van der Waals surface area contributed by atoms with Gasteiger partial charge in [0.2, 0.25) is 0 Å². The molecule has 2 aromatic carbocycles. The van der Waals surface area contributed by atoms with Crippen LogP contribution in [0.15, 0.2) is 42.6 Å². The number of carbonyl (C=O) groups excluding carboxylic acids is 1. The van der Waals surface area contributed by atoms with Gasteiger partial charge in [-0.1, -0.05) is 0 Å². The normalized spacial score (nSPS) is 10.8. The first kappa shape index (κ1) is 15.0. The van der Waals surface area contributed by atoms with Gasteiger partial charge >= 0.3 is 5.97 Å². The van der Waals surface area contributed by atoms with Gasteiger partial charge in [-0.15, -0.1) is 0 Å². The number of hydrogen-bond donors (Lipinski definition) is 0. The molecule has 0 aliphatic rings. The number of hydrogen-bond acceptors (Lipinski definition) is 3. The van der Waals surface area contributed by atoms with Crippen LogP contribution in [-0.2, 0) is 4.74 Å². The van der Waals surface area contributed by atoms with Crippen LogP contribution in [0.5, 0.6) is 0 Å². The summed E-state index contributed by atoms with van der Waals surface area (Å²) in [5, 5.41) is 0.361. The molecule has 0 amide bonds. The zero-order chi connectivity index (χ0) is 16.6. The molecule has 0 bridgehead atoms. The number of aromatic nitrogens is 1. The Labute approximate surface area is 129 Å². The molecule has 3 rings (SSSR count). The second-order valence-corrected chi connectivity index (χ2v) is 4.83. The highest BCUT2D eigenvalue weighted by atomic mass is 19.1. The lowest BCUT2D eigenvalue weighted by atomic mass is 9.99. The maximum atomic E-state index is 14.1. The number of halogens is 3. The van der Waals surface area contributed by atoms with Gasteiger partial charge in [-0.2, -0.15) is 0 Å². The minimum Gasteiger partial charge on any atom is -0.465 e. The third-order valence-corrected chi connectivity index (χ3v) is 3.44. The molecule has 0 aliphatic carbocycles. The van der Waals surface area contributed by atoms with E-state index in [-0.39, 0.29) is 16.7 Å². The largest absolute Gasteiger partial charge is 0.465 e. The highest BCUT2D eigenvalue weighted by Crippen LogP contribution is 2.32. The molecule has 0 radical (unpaired) electrons. The molecule has 0 unspecified atom stereocenters. The van der Waals surface area contributed by atoms with Gasteiger partial charge in [0.25, 0.3) is 0 Å². The Morgan fingerprint density at radius 2 is 1.74 bits per heavy atom. The molecule has 1 aromatic heterocycles. The van der Waals surface area contributed by atoms with Crippen molar-refractivity contribution in [3.05, 3.63) is 65.6 Å². The van der Waals surface area contributed by atoms with Crippen LogP contribution >= 0.6 is 0 Å². The van der Waals surface area contributed by atoms with Crippen LogP contribution in [0.25, 0.3) is 22.0 Å². The minimum absolute atomic E-state index is 0.177. The molecule has 0 aliphatic heterocycles. The lowest BCUT2D eigenvalue weighted by Gasteiger charge is -2.10. The third kappa shape index (κ3) is 2.63. The van der Waals surface area contributed by atoms with Crippen LogP contribution in [0.3, 0.4) is 0 Å². The van der Waals surface area contributed by atoms with Crippen molar-refractivity contribution in [1.82, 2.24) is 4.98 Å². The molecule has 23 heavy (non-hydrogen) atoms. The van der Waals surface area contributed by atoms with E-state index in [0.717, 1.165) is 0 Å². The fourth-order valence-electron chi connectivity index (χ4n) is 2.41. The van der Waals surface area contributed by atoms with Crippen LogP contribution in [-0.4, -0.2) is 18.1 Å². The van der Waals surface area contributed by atoms with Gasteiger partial charge in [-0.25, -0.2) is 18.0 Å². The average Bonchev–Trinajstić information content (AvgIpc) is 2.53. The highest BCUT2D eigenvalue weighted by molar-refractivity contribution is 6.00. The van der Waals surface area contributed by atoms with Gasteiger partial charge in [0.15, 0.2) is 0 Å². The fourth-order valence-corrected chi connectivity index (χ4v) is 2.41. The van der Waals surface area contributed by atoms with Crippen molar-refractivity contribution in [2.75, 3.05) is 7.11 Å². The van der Waals surface area contributed by atoms with Crippen molar-refractivity contribution >= 4 is 16.9 Å². The standard InChI is InChI=1S/C17H10F3NO2/c1-23-17(22)9-2-3-15-12(6-9)11(4-5-21-15)16-13(19)7-10(18)8-14(16)20/h2-8H,1H3. The van der Waals surface area contributed by atoms with Crippen molar-refractivity contribution in [2.45, 2.75) is 0 Å². The summed E-state index contributed by atoms with van der Waals surface area (Å²) in [4.78, 5) is 15.7. The van der Waals surface area contributed by atoms with E-state index in [1.165, 1.54) is 31.5 Å². The van der Waals surface area contributed by atoms with Gasteiger partial charge in [0.1, 0.15) is 17.5 Å². The van der Waals surface area contributed by atoms with Crippen molar-refractivity contribution in [2.24, 2.45) is 0 Å². The van der Waals surface area contributed by atoms with Crippen LogP contribution in [0.1, 0.15) is 10.4 Å². The molecule has 6 heteroatoms. The summed E-state index contributed by atoms with van der Waals surface area (Å²) in [6, 6.07) is 7.10. The fraction of sp³-hybridized carbons (Fsp3) is 0.0588. The zero-order valence-corrected chi connectivity index (χ0v) is 11.9. The Morgan fingerprint density at radius 3 is 2.39 bits per heavy atom. The number of rotatable bonds is 2. The summed E-state index contributed by atoms with van der Waals surface area (Å²) in [6.07, 6.45) is 1.39. The van der Waals surface area contributed by atoms with E-state index in [4.69, 9.17) is 0 Å². The summed E-state index contributed by atoms with van der Waals surface area (Å²) >= 11 is 0. The van der Waals surface area contributed by atoms with Crippen LogP contribution in [0, 0.1) is 17.5 Å². The van der Waals surface area contributed by atoms with E-state index in [2.05, 4.69) is 9.72 Å². The summed E-state index contributed by atoms with van der Waals surface area (Å²) in [5.74, 6) is -3.64.